The van der Waals surface area contributed by atoms with Gasteiger partial charge in [0.15, 0.2) is 0 Å². The van der Waals surface area contributed by atoms with Crippen molar-refractivity contribution in [3.63, 3.8) is 0 Å². The fraction of sp³-hybridized carbons (Fsp3) is 0.238. The van der Waals surface area contributed by atoms with Gasteiger partial charge in [-0.15, -0.1) is 0 Å². The molecule has 0 fully saturated rings. The van der Waals surface area contributed by atoms with Crippen LogP contribution in [-0.2, 0) is 24.3 Å². The largest absolute Gasteiger partial charge is 0.333 e. The molecule has 0 radical (unpaired) electrons. The van der Waals surface area contributed by atoms with Crippen molar-refractivity contribution in [1.29, 1.82) is 0 Å². The summed E-state index contributed by atoms with van der Waals surface area (Å²) in [6.07, 6.45) is 3.02. The number of carbonyl (C=O) groups excluding carboxylic acids is 1. The van der Waals surface area contributed by atoms with Gasteiger partial charge in [0.05, 0.1) is 18.4 Å². The molecule has 0 aliphatic carbocycles. The van der Waals surface area contributed by atoms with Crippen LogP contribution < -0.4 is 0 Å². The molecule has 4 rings (SSSR count). The van der Waals surface area contributed by atoms with E-state index in [0.717, 1.165) is 23.5 Å². The lowest BCUT2D eigenvalue weighted by molar-refractivity contribution is -0.132. The van der Waals surface area contributed by atoms with Crippen LogP contribution in [0.25, 0.3) is 11.3 Å². The molecule has 1 aromatic heterocycles. The lowest BCUT2D eigenvalue weighted by atomic mass is 10.1. The van der Waals surface area contributed by atoms with Crippen LogP contribution in [0, 0.1) is 5.82 Å². The molecule has 1 aliphatic heterocycles. The Morgan fingerprint density at radius 3 is 2.73 bits per heavy atom. The molecule has 2 heterocycles. The van der Waals surface area contributed by atoms with Gasteiger partial charge in [0.2, 0.25) is 5.91 Å². The van der Waals surface area contributed by atoms with Gasteiger partial charge in [-0.3, -0.25) is 4.79 Å². The number of nitrogens with zero attached hydrogens (tertiary/aromatic N) is 3. The number of rotatable bonds is 4. The maximum Gasteiger partial charge on any atom is 0.223 e. The summed E-state index contributed by atoms with van der Waals surface area (Å²) in [7, 11) is 0. The number of hydrogen-bond donors (Lipinski definition) is 0. The summed E-state index contributed by atoms with van der Waals surface area (Å²) < 4.78 is 15.6. The molecule has 0 saturated heterocycles. The zero-order valence-corrected chi connectivity index (χ0v) is 14.4. The van der Waals surface area contributed by atoms with E-state index in [9.17, 15) is 9.18 Å². The highest BCUT2D eigenvalue weighted by atomic mass is 19.1. The van der Waals surface area contributed by atoms with Gasteiger partial charge in [0.25, 0.3) is 0 Å². The number of amides is 1. The van der Waals surface area contributed by atoms with E-state index in [2.05, 4.69) is 9.55 Å². The quantitative estimate of drug-likeness (QED) is 0.721. The fourth-order valence-electron chi connectivity index (χ4n) is 3.41. The zero-order chi connectivity index (χ0) is 17.9. The Bertz CT molecular complexity index is 920. The molecule has 0 atom stereocenters. The van der Waals surface area contributed by atoms with E-state index in [1.807, 2.05) is 41.3 Å². The van der Waals surface area contributed by atoms with Crippen LogP contribution in [0.2, 0.25) is 0 Å². The van der Waals surface area contributed by atoms with Crippen molar-refractivity contribution in [2.75, 3.05) is 6.54 Å². The highest BCUT2D eigenvalue weighted by Crippen LogP contribution is 2.25. The molecule has 132 valence electrons. The van der Waals surface area contributed by atoms with Gasteiger partial charge in [-0.2, -0.15) is 0 Å². The molecule has 0 unspecified atom stereocenters. The van der Waals surface area contributed by atoms with Gasteiger partial charge < -0.3 is 9.47 Å². The van der Waals surface area contributed by atoms with Gasteiger partial charge in [-0.25, -0.2) is 9.37 Å². The number of hydrogen-bond acceptors (Lipinski definition) is 2. The first-order valence-electron chi connectivity index (χ1n) is 8.83. The predicted molar refractivity (Wildman–Crippen MR) is 97.8 cm³/mol. The second-order valence-corrected chi connectivity index (χ2v) is 6.52. The zero-order valence-electron chi connectivity index (χ0n) is 14.4. The minimum absolute atomic E-state index is 0.149. The van der Waals surface area contributed by atoms with E-state index >= 15 is 0 Å². The smallest absolute Gasteiger partial charge is 0.223 e. The van der Waals surface area contributed by atoms with E-state index in [1.165, 1.54) is 17.7 Å². The number of imidazole rings is 1. The van der Waals surface area contributed by atoms with Gasteiger partial charge >= 0.3 is 0 Å². The van der Waals surface area contributed by atoms with Gasteiger partial charge in [-0.05, 0) is 24.1 Å². The lowest BCUT2D eigenvalue weighted by Crippen LogP contribution is -2.38. The van der Waals surface area contributed by atoms with Crippen LogP contribution in [0.4, 0.5) is 4.39 Å². The lowest BCUT2D eigenvalue weighted by Gasteiger charge is -2.28. The number of halogens is 1. The third-order valence-corrected chi connectivity index (χ3v) is 4.81. The van der Waals surface area contributed by atoms with Crippen molar-refractivity contribution in [3.05, 3.63) is 78.0 Å². The average Bonchev–Trinajstić information content (AvgIpc) is 3.10. The highest BCUT2D eigenvalue weighted by Gasteiger charge is 2.23. The summed E-state index contributed by atoms with van der Waals surface area (Å²) in [5, 5.41) is 0. The molecule has 2 aromatic carbocycles. The Balaban J connectivity index is 1.44. The third kappa shape index (κ3) is 3.38. The summed E-state index contributed by atoms with van der Waals surface area (Å²) in [6, 6.07) is 16.6. The van der Waals surface area contributed by atoms with E-state index in [4.69, 9.17) is 0 Å². The van der Waals surface area contributed by atoms with Gasteiger partial charge in [0, 0.05) is 25.1 Å². The minimum atomic E-state index is -0.258. The summed E-state index contributed by atoms with van der Waals surface area (Å²) in [4.78, 5) is 18.9. The monoisotopic (exact) mass is 349 g/mol. The Morgan fingerprint density at radius 1 is 1.08 bits per heavy atom. The molecule has 5 heteroatoms. The SMILES string of the molecule is O=C(CCc1ccccc1)N1CCn2c(-c3cccc(F)c3)cnc2C1. The van der Waals surface area contributed by atoms with Crippen LogP contribution in [0.3, 0.4) is 0 Å². The molecule has 0 bridgehead atoms. The summed E-state index contributed by atoms with van der Waals surface area (Å²) in [5.41, 5.74) is 2.89. The molecule has 0 spiro atoms. The Hall–Kier alpha value is -2.95. The normalized spacial score (nSPS) is 13.5. The molecular weight excluding hydrogens is 329 g/mol. The van der Waals surface area contributed by atoms with Crippen LogP contribution in [0.1, 0.15) is 17.8 Å². The van der Waals surface area contributed by atoms with Crippen LogP contribution in [-0.4, -0.2) is 26.9 Å². The summed E-state index contributed by atoms with van der Waals surface area (Å²) >= 11 is 0. The predicted octanol–water partition coefficient (Wildman–Crippen LogP) is 3.66. The average molecular weight is 349 g/mol. The van der Waals surface area contributed by atoms with E-state index in [-0.39, 0.29) is 11.7 Å². The van der Waals surface area contributed by atoms with E-state index < -0.39 is 0 Å². The van der Waals surface area contributed by atoms with Crippen molar-refractivity contribution < 1.29 is 9.18 Å². The van der Waals surface area contributed by atoms with Crippen LogP contribution in [0.5, 0.6) is 0 Å². The Labute approximate surface area is 151 Å². The molecule has 1 aliphatic rings. The number of fused-ring (bicyclic) bond motifs is 1. The number of benzene rings is 2. The second kappa shape index (κ2) is 7.12. The second-order valence-electron chi connectivity index (χ2n) is 6.52. The van der Waals surface area contributed by atoms with Crippen LogP contribution >= 0.6 is 0 Å². The van der Waals surface area contributed by atoms with Crippen LogP contribution in [0.15, 0.2) is 60.8 Å². The Morgan fingerprint density at radius 2 is 1.92 bits per heavy atom. The molecular formula is C21H20FN3O. The van der Waals surface area contributed by atoms with Crippen molar-refractivity contribution in [2.45, 2.75) is 25.9 Å². The van der Waals surface area contributed by atoms with Gasteiger partial charge in [-0.1, -0.05) is 42.5 Å². The fourth-order valence-corrected chi connectivity index (χ4v) is 3.41. The first-order valence-corrected chi connectivity index (χ1v) is 8.83. The van der Waals surface area contributed by atoms with Crippen molar-refractivity contribution >= 4 is 5.91 Å². The maximum atomic E-state index is 13.5. The topological polar surface area (TPSA) is 38.1 Å². The van der Waals surface area contributed by atoms with Gasteiger partial charge in [0.1, 0.15) is 11.6 Å². The van der Waals surface area contributed by atoms with E-state index in [0.29, 0.717) is 26.1 Å². The standard InChI is InChI=1S/C21H20FN3O/c22-18-8-4-7-17(13-18)19-14-23-20-15-24(11-12-25(19)20)21(26)10-9-16-5-2-1-3-6-16/h1-8,13-14H,9-12,15H2. The minimum Gasteiger partial charge on any atom is -0.333 e. The van der Waals surface area contributed by atoms with Crippen molar-refractivity contribution in [3.8, 4) is 11.3 Å². The number of aromatic nitrogens is 2. The maximum absolute atomic E-state index is 13.5. The summed E-state index contributed by atoms with van der Waals surface area (Å²) in [5.74, 6) is 0.741. The molecule has 4 nitrogen and oxygen atoms in total. The highest BCUT2D eigenvalue weighted by molar-refractivity contribution is 5.76. The molecule has 26 heavy (non-hydrogen) atoms. The first kappa shape index (κ1) is 16.5. The molecule has 1 amide bonds. The van der Waals surface area contributed by atoms with Crippen molar-refractivity contribution in [1.82, 2.24) is 14.5 Å². The Kier molecular flexibility index (Phi) is 4.52. The van der Waals surface area contributed by atoms with Crippen molar-refractivity contribution in [2.24, 2.45) is 0 Å². The molecule has 3 aromatic rings. The molecule has 0 saturated carbocycles. The van der Waals surface area contributed by atoms with E-state index in [1.54, 1.807) is 12.3 Å². The summed E-state index contributed by atoms with van der Waals surface area (Å²) in [6.45, 7) is 1.83. The third-order valence-electron chi connectivity index (χ3n) is 4.81. The number of carbonyl (C=O) groups is 1. The first-order chi connectivity index (χ1) is 12.7. The number of aryl methyl sites for hydroxylation is 1. The molecule has 0 N–H and O–H groups in total.